The normalized spacial score (nSPS) is 11.9. The molecule has 0 unspecified atom stereocenters. The van der Waals surface area contributed by atoms with Gasteiger partial charge in [-0.25, -0.2) is 4.98 Å². The second-order valence-corrected chi connectivity index (χ2v) is 6.30. The van der Waals surface area contributed by atoms with Crippen molar-refractivity contribution >= 4 is 5.91 Å². The minimum Gasteiger partial charge on any atom is -0.396 e. The highest BCUT2D eigenvalue weighted by molar-refractivity contribution is 5.75. The highest BCUT2D eigenvalue weighted by atomic mass is 16.3. The number of rotatable bonds is 8. The fourth-order valence-corrected chi connectivity index (χ4v) is 2.05. The van der Waals surface area contributed by atoms with E-state index in [0.717, 1.165) is 5.82 Å². The van der Waals surface area contributed by atoms with Gasteiger partial charge in [0.05, 0.1) is 0 Å². The Kier molecular flexibility index (Phi) is 6.20. The van der Waals surface area contributed by atoms with E-state index in [0.29, 0.717) is 31.8 Å². The van der Waals surface area contributed by atoms with Crippen molar-refractivity contribution in [3.8, 4) is 0 Å². The fraction of sp³-hybridized carbons (Fsp3) is 0.733. The van der Waals surface area contributed by atoms with E-state index in [-0.39, 0.29) is 17.9 Å². The van der Waals surface area contributed by atoms with Crippen LogP contribution in [0.15, 0.2) is 12.4 Å². The Morgan fingerprint density at radius 2 is 2.20 bits per heavy atom. The molecule has 0 radical (unpaired) electrons. The van der Waals surface area contributed by atoms with Gasteiger partial charge in [0.2, 0.25) is 5.91 Å². The van der Waals surface area contributed by atoms with E-state index >= 15 is 0 Å². The molecule has 20 heavy (non-hydrogen) atoms. The molecule has 5 heteroatoms. The molecule has 0 fully saturated rings. The van der Waals surface area contributed by atoms with E-state index < -0.39 is 0 Å². The molecule has 0 spiro atoms. The summed E-state index contributed by atoms with van der Waals surface area (Å²) < 4.78 is 2.03. The number of carbonyl (C=O) groups is 1. The Hall–Kier alpha value is -1.36. The molecule has 1 aromatic rings. The largest absolute Gasteiger partial charge is 0.396 e. The average Bonchev–Trinajstić information content (AvgIpc) is 2.82. The minimum atomic E-state index is -0.0670. The Bertz CT molecular complexity index is 425. The van der Waals surface area contributed by atoms with E-state index in [1.54, 1.807) is 6.20 Å². The number of aliphatic hydroxyl groups is 1. The van der Waals surface area contributed by atoms with Gasteiger partial charge >= 0.3 is 0 Å². The van der Waals surface area contributed by atoms with Gasteiger partial charge in [0, 0.05) is 44.4 Å². The molecule has 2 N–H and O–H groups in total. The molecule has 0 aromatic carbocycles. The van der Waals surface area contributed by atoms with Gasteiger partial charge in [0.25, 0.3) is 0 Å². The van der Waals surface area contributed by atoms with E-state index in [1.165, 1.54) is 0 Å². The van der Waals surface area contributed by atoms with Gasteiger partial charge in [-0.2, -0.15) is 0 Å². The molecule has 0 saturated carbocycles. The fourth-order valence-electron chi connectivity index (χ4n) is 2.05. The second-order valence-electron chi connectivity index (χ2n) is 6.30. The number of aliphatic hydroxyl groups excluding tert-OH is 1. The second kappa shape index (κ2) is 7.43. The molecule has 0 bridgehead atoms. The molecule has 0 aliphatic heterocycles. The number of aryl methyl sites for hydroxylation is 1. The van der Waals surface area contributed by atoms with Crippen molar-refractivity contribution in [3.63, 3.8) is 0 Å². The first-order valence-corrected chi connectivity index (χ1v) is 7.24. The molecule has 0 atom stereocenters. The van der Waals surface area contributed by atoms with Gasteiger partial charge in [-0.1, -0.05) is 27.7 Å². The number of amides is 1. The molecule has 0 saturated heterocycles. The molecule has 114 valence electrons. The van der Waals surface area contributed by atoms with Crippen molar-refractivity contribution < 1.29 is 9.90 Å². The van der Waals surface area contributed by atoms with Crippen LogP contribution >= 0.6 is 0 Å². The summed E-state index contributed by atoms with van der Waals surface area (Å²) in [6.45, 7) is 9.65. The summed E-state index contributed by atoms with van der Waals surface area (Å²) in [5, 5.41) is 11.9. The zero-order valence-electron chi connectivity index (χ0n) is 13.0. The third-order valence-electron chi connectivity index (χ3n) is 3.40. The van der Waals surface area contributed by atoms with Gasteiger partial charge in [-0.15, -0.1) is 0 Å². The van der Waals surface area contributed by atoms with Gasteiger partial charge in [-0.05, 0) is 11.8 Å². The van der Waals surface area contributed by atoms with Crippen LogP contribution in [0.4, 0.5) is 0 Å². The van der Waals surface area contributed by atoms with Crippen LogP contribution in [-0.2, 0) is 11.3 Å². The molecular weight excluding hydrogens is 254 g/mol. The van der Waals surface area contributed by atoms with Crippen molar-refractivity contribution in [1.82, 2.24) is 14.9 Å². The lowest BCUT2D eigenvalue weighted by molar-refractivity contribution is -0.121. The summed E-state index contributed by atoms with van der Waals surface area (Å²) in [4.78, 5) is 16.2. The van der Waals surface area contributed by atoms with Crippen molar-refractivity contribution in [2.45, 2.75) is 53.0 Å². The van der Waals surface area contributed by atoms with Gasteiger partial charge in [-0.3, -0.25) is 4.79 Å². The van der Waals surface area contributed by atoms with Crippen LogP contribution in [-0.4, -0.2) is 33.7 Å². The molecule has 0 aliphatic rings. The zero-order chi connectivity index (χ0) is 15.2. The minimum absolute atomic E-state index is 0.0411. The zero-order valence-corrected chi connectivity index (χ0v) is 13.0. The summed E-state index contributed by atoms with van der Waals surface area (Å²) in [7, 11) is 0. The summed E-state index contributed by atoms with van der Waals surface area (Å²) in [6, 6.07) is 0. The monoisotopic (exact) mass is 281 g/mol. The summed E-state index contributed by atoms with van der Waals surface area (Å²) in [6.07, 6.45) is 4.83. The van der Waals surface area contributed by atoms with Crippen molar-refractivity contribution in [3.05, 3.63) is 18.2 Å². The summed E-state index contributed by atoms with van der Waals surface area (Å²) in [5.74, 6) is 1.41. The van der Waals surface area contributed by atoms with Crippen molar-refractivity contribution in [2.24, 2.45) is 5.41 Å². The quantitative estimate of drug-likeness (QED) is 0.765. The van der Waals surface area contributed by atoms with E-state index in [1.807, 2.05) is 24.6 Å². The first-order valence-electron chi connectivity index (χ1n) is 7.24. The van der Waals surface area contributed by atoms with Crippen LogP contribution in [0.25, 0.3) is 0 Å². The van der Waals surface area contributed by atoms with Gasteiger partial charge in [0.15, 0.2) is 0 Å². The maximum absolute atomic E-state index is 11.9. The lowest BCUT2D eigenvalue weighted by Gasteiger charge is -2.23. The van der Waals surface area contributed by atoms with Crippen LogP contribution in [0.5, 0.6) is 0 Å². The molecular formula is C15H27N3O2. The number of nitrogens with zero attached hydrogens (tertiary/aromatic N) is 2. The van der Waals surface area contributed by atoms with Crippen molar-refractivity contribution in [1.29, 1.82) is 0 Å². The maximum Gasteiger partial charge on any atom is 0.221 e. The number of hydrogen-bond acceptors (Lipinski definition) is 3. The predicted molar refractivity (Wildman–Crippen MR) is 79.4 cm³/mol. The molecule has 1 heterocycles. The number of imidazole rings is 1. The SMILES string of the molecule is CC(C)c1nccn1CCC(=O)NCC(C)(C)CCO. The maximum atomic E-state index is 11.9. The molecule has 5 nitrogen and oxygen atoms in total. The molecule has 0 aliphatic carbocycles. The van der Waals surface area contributed by atoms with Gasteiger partial charge in [0.1, 0.15) is 5.82 Å². The highest BCUT2D eigenvalue weighted by Crippen LogP contribution is 2.18. The Morgan fingerprint density at radius 3 is 2.80 bits per heavy atom. The van der Waals surface area contributed by atoms with Crippen LogP contribution in [0.3, 0.4) is 0 Å². The van der Waals surface area contributed by atoms with E-state index in [9.17, 15) is 4.79 Å². The van der Waals surface area contributed by atoms with Gasteiger partial charge < -0.3 is 15.0 Å². The predicted octanol–water partition coefficient (Wildman–Crippen LogP) is 1.92. The van der Waals surface area contributed by atoms with Crippen LogP contribution in [0.1, 0.15) is 52.3 Å². The Labute approximate surface area is 121 Å². The van der Waals surface area contributed by atoms with Crippen LogP contribution in [0, 0.1) is 5.41 Å². The Balaban J connectivity index is 2.38. The number of hydrogen-bond donors (Lipinski definition) is 2. The first kappa shape index (κ1) is 16.7. The summed E-state index contributed by atoms with van der Waals surface area (Å²) >= 11 is 0. The number of carbonyl (C=O) groups excluding carboxylic acids is 1. The molecule has 1 aromatic heterocycles. The number of nitrogens with one attached hydrogen (secondary N) is 1. The lowest BCUT2D eigenvalue weighted by Crippen LogP contribution is -2.35. The molecule has 1 rings (SSSR count). The van der Waals surface area contributed by atoms with Crippen LogP contribution < -0.4 is 5.32 Å². The smallest absolute Gasteiger partial charge is 0.221 e. The third-order valence-corrected chi connectivity index (χ3v) is 3.40. The molecule has 1 amide bonds. The third kappa shape index (κ3) is 5.33. The first-order chi connectivity index (χ1) is 9.35. The summed E-state index contributed by atoms with van der Waals surface area (Å²) in [5.41, 5.74) is -0.0670. The van der Waals surface area contributed by atoms with Crippen LogP contribution in [0.2, 0.25) is 0 Å². The lowest BCUT2D eigenvalue weighted by atomic mass is 9.90. The average molecular weight is 281 g/mol. The van der Waals surface area contributed by atoms with E-state index in [4.69, 9.17) is 5.11 Å². The van der Waals surface area contributed by atoms with E-state index in [2.05, 4.69) is 24.1 Å². The standard InChI is InChI=1S/C15H27N3O2/c1-12(2)14-16-7-9-18(14)8-5-13(20)17-11-15(3,4)6-10-19/h7,9,12,19H,5-6,8,10-11H2,1-4H3,(H,17,20). The van der Waals surface area contributed by atoms with Crippen molar-refractivity contribution in [2.75, 3.05) is 13.2 Å². The highest BCUT2D eigenvalue weighted by Gasteiger charge is 2.18. The number of aromatic nitrogens is 2. The topological polar surface area (TPSA) is 67.2 Å². The Morgan fingerprint density at radius 1 is 1.50 bits per heavy atom.